The minimum atomic E-state index is -4.16. The van der Waals surface area contributed by atoms with Gasteiger partial charge >= 0.3 is 6.11 Å². The maximum Gasteiger partial charge on any atom is 0.384 e. The third-order valence-electron chi connectivity index (χ3n) is 2.19. The zero-order chi connectivity index (χ0) is 11.0. The second-order valence-electron chi connectivity index (χ2n) is 3.61. The second-order valence-corrected chi connectivity index (χ2v) is 3.61. The van der Waals surface area contributed by atoms with Crippen molar-refractivity contribution in [3.05, 3.63) is 0 Å². The first-order valence-electron chi connectivity index (χ1n) is 5.22. The minimum absolute atomic E-state index is 0.254. The first kappa shape index (κ1) is 13.8. The van der Waals surface area contributed by atoms with E-state index in [2.05, 4.69) is 6.92 Å². The topological polar surface area (TPSA) is 20.2 Å². The van der Waals surface area contributed by atoms with Crippen LogP contribution in [0.3, 0.4) is 0 Å². The Kier molecular flexibility index (Phi) is 6.97. The smallest absolute Gasteiger partial charge is 0.334 e. The Balaban J connectivity index is 3.28. The average Bonchev–Trinajstić information content (AvgIpc) is 2.09. The fraction of sp³-hybridized carbons (Fsp3) is 1.00. The highest BCUT2D eigenvalue weighted by atomic mass is 19.3. The molecule has 4 heteroatoms. The van der Waals surface area contributed by atoms with E-state index >= 15 is 0 Å². The lowest BCUT2D eigenvalue weighted by Crippen LogP contribution is -2.29. The molecular weight excluding hydrogens is 193 g/mol. The van der Waals surface area contributed by atoms with Crippen LogP contribution in [-0.4, -0.2) is 17.4 Å². The molecule has 0 amide bonds. The van der Waals surface area contributed by atoms with E-state index in [-0.39, 0.29) is 6.42 Å². The summed E-state index contributed by atoms with van der Waals surface area (Å²) in [6.07, 6.45) is -1.36. The van der Waals surface area contributed by atoms with E-state index in [0.29, 0.717) is 6.42 Å². The minimum Gasteiger partial charge on any atom is -0.334 e. The largest absolute Gasteiger partial charge is 0.384 e. The van der Waals surface area contributed by atoms with Crippen LogP contribution in [0.15, 0.2) is 0 Å². The molecule has 0 bridgehead atoms. The Morgan fingerprint density at radius 3 is 2.07 bits per heavy atom. The third kappa shape index (κ3) is 7.18. The molecule has 0 aromatic rings. The van der Waals surface area contributed by atoms with Crippen LogP contribution in [0.2, 0.25) is 0 Å². The van der Waals surface area contributed by atoms with Gasteiger partial charge in [0.2, 0.25) is 0 Å². The van der Waals surface area contributed by atoms with Crippen molar-refractivity contribution in [2.45, 2.75) is 64.1 Å². The lowest BCUT2D eigenvalue weighted by Gasteiger charge is -2.13. The highest BCUT2D eigenvalue weighted by Gasteiger charge is 2.36. The Morgan fingerprint density at radius 2 is 1.57 bits per heavy atom. The van der Waals surface area contributed by atoms with Crippen LogP contribution >= 0.6 is 0 Å². The Morgan fingerprint density at radius 1 is 1.07 bits per heavy atom. The summed E-state index contributed by atoms with van der Waals surface area (Å²) in [6, 6.07) is 0. The number of hydrogen-bond donors (Lipinski definition) is 1. The summed E-state index contributed by atoms with van der Waals surface area (Å²) >= 11 is 0. The average molecular weight is 212 g/mol. The summed E-state index contributed by atoms with van der Waals surface area (Å²) in [4.78, 5) is 0. The molecule has 1 nitrogen and oxygen atoms in total. The number of aliphatic hydroxyl groups is 1. The van der Waals surface area contributed by atoms with Crippen molar-refractivity contribution in [2.24, 2.45) is 0 Å². The predicted octanol–water partition coefficient (Wildman–Crippen LogP) is 3.66. The van der Waals surface area contributed by atoms with Gasteiger partial charge in [0.25, 0.3) is 0 Å². The van der Waals surface area contributed by atoms with Crippen LogP contribution < -0.4 is 0 Å². The number of unbranched alkanes of at least 4 members (excludes halogenated alkanes) is 5. The van der Waals surface area contributed by atoms with Gasteiger partial charge in [-0.1, -0.05) is 45.4 Å². The number of alkyl halides is 3. The number of hydrogen-bond acceptors (Lipinski definition) is 1. The van der Waals surface area contributed by atoms with Crippen molar-refractivity contribution in [1.82, 2.24) is 0 Å². The SMILES string of the molecule is CCCCCCCCC(F)C(O)(F)F. The van der Waals surface area contributed by atoms with Gasteiger partial charge in [-0.15, -0.1) is 0 Å². The molecule has 0 rings (SSSR count). The molecule has 1 atom stereocenters. The van der Waals surface area contributed by atoms with Crippen LogP contribution in [-0.2, 0) is 0 Å². The van der Waals surface area contributed by atoms with Gasteiger partial charge < -0.3 is 5.11 Å². The van der Waals surface area contributed by atoms with Crippen molar-refractivity contribution >= 4 is 0 Å². The molecule has 0 radical (unpaired) electrons. The summed E-state index contributed by atoms with van der Waals surface area (Å²) in [6.45, 7) is 2.09. The lowest BCUT2D eigenvalue weighted by atomic mass is 10.1. The first-order chi connectivity index (χ1) is 6.48. The molecule has 0 aliphatic carbocycles. The molecular formula is C10H19F3O. The van der Waals surface area contributed by atoms with Gasteiger partial charge in [-0.25, -0.2) is 4.39 Å². The zero-order valence-electron chi connectivity index (χ0n) is 8.61. The molecule has 0 heterocycles. The lowest BCUT2D eigenvalue weighted by molar-refractivity contribution is -0.241. The molecule has 1 unspecified atom stereocenters. The molecule has 0 aliphatic rings. The highest BCUT2D eigenvalue weighted by Crippen LogP contribution is 2.22. The van der Waals surface area contributed by atoms with Gasteiger partial charge in [-0.05, 0) is 6.42 Å². The molecule has 86 valence electrons. The first-order valence-corrected chi connectivity index (χ1v) is 5.22. The summed E-state index contributed by atoms with van der Waals surface area (Å²) in [5, 5.41) is 8.02. The van der Waals surface area contributed by atoms with Crippen molar-refractivity contribution in [3.8, 4) is 0 Å². The maximum absolute atomic E-state index is 12.5. The molecule has 0 saturated heterocycles. The molecule has 0 fully saturated rings. The second kappa shape index (κ2) is 7.10. The normalized spacial score (nSPS) is 14.4. The van der Waals surface area contributed by atoms with Crippen molar-refractivity contribution in [3.63, 3.8) is 0 Å². The van der Waals surface area contributed by atoms with Gasteiger partial charge in [0.1, 0.15) is 0 Å². The fourth-order valence-electron chi connectivity index (χ4n) is 1.28. The quantitative estimate of drug-likeness (QED) is 0.609. The van der Waals surface area contributed by atoms with E-state index in [9.17, 15) is 13.2 Å². The van der Waals surface area contributed by atoms with Crippen molar-refractivity contribution in [2.75, 3.05) is 0 Å². The van der Waals surface area contributed by atoms with Crippen molar-refractivity contribution in [1.29, 1.82) is 0 Å². The van der Waals surface area contributed by atoms with Crippen LogP contribution in [0.5, 0.6) is 0 Å². The van der Waals surface area contributed by atoms with E-state index in [1.807, 2.05) is 0 Å². The van der Waals surface area contributed by atoms with E-state index in [0.717, 1.165) is 32.1 Å². The van der Waals surface area contributed by atoms with Crippen molar-refractivity contribution < 1.29 is 18.3 Å². The molecule has 0 aromatic carbocycles. The summed E-state index contributed by atoms with van der Waals surface area (Å²) in [5.41, 5.74) is 0. The van der Waals surface area contributed by atoms with E-state index in [4.69, 9.17) is 5.11 Å². The molecule has 0 saturated carbocycles. The summed E-state index contributed by atoms with van der Waals surface area (Å²) in [7, 11) is 0. The van der Waals surface area contributed by atoms with E-state index in [1.54, 1.807) is 0 Å². The van der Waals surface area contributed by atoms with Gasteiger partial charge in [-0.3, -0.25) is 0 Å². The Bertz CT molecular complexity index is 134. The Labute approximate surface area is 83.3 Å². The number of rotatable bonds is 8. The monoisotopic (exact) mass is 212 g/mol. The zero-order valence-corrected chi connectivity index (χ0v) is 8.61. The standard InChI is InChI=1S/C10H19F3O/c1-2-3-4-5-6-7-8-9(11)10(12,13)14/h9,14H,2-8H2,1H3. The molecule has 0 spiro atoms. The highest BCUT2D eigenvalue weighted by molar-refractivity contribution is 4.64. The van der Waals surface area contributed by atoms with Crippen LogP contribution in [0.1, 0.15) is 51.9 Å². The predicted molar refractivity (Wildman–Crippen MR) is 50.1 cm³/mol. The van der Waals surface area contributed by atoms with E-state index < -0.39 is 12.3 Å². The molecule has 14 heavy (non-hydrogen) atoms. The van der Waals surface area contributed by atoms with Crippen LogP contribution in [0.4, 0.5) is 13.2 Å². The summed E-state index contributed by atoms with van der Waals surface area (Å²) < 4.78 is 36.3. The van der Waals surface area contributed by atoms with Crippen LogP contribution in [0.25, 0.3) is 0 Å². The maximum atomic E-state index is 12.5. The van der Waals surface area contributed by atoms with Gasteiger partial charge in [0, 0.05) is 0 Å². The van der Waals surface area contributed by atoms with Gasteiger partial charge in [0.05, 0.1) is 0 Å². The van der Waals surface area contributed by atoms with Gasteiger partial charge in [-0.2, -0.15) is 8.78 Å². The van der Waals surface area contributed by atoms with Crippen LogP contribution in [0, 0.1) is 0 Å². The fourth-order valence-corrected chi connectivity index (χ4v) is 1.28. The van der Waals surface area contributed by atoms with Gasteiger partial charge in [0.15, 0.2) is 6.17 Å². The van der Waals surface area contributed by atoms with E-state index in [1.165, 1.54) is 0 Å². The Hall–Kier alpha value is -0.250. The molecule has 0 aromatic heterocycles. The molecule has 1 N–H and O–H groups in total. The summed E-state index contributed by atoms with van der Waals surface area (Å²) in [5.74, 6) is 0. The molecule has 0 aliphatic heterocycles. The number of halogens is 3. The third-order valence-corrected chi connectivity index (χ3v) is 2.19.